The number of methoxy groups -OCH3 is 1. The van der Waals surface area contributed by atoms with Gasteiger partial charge in [-0.15, -0.1) is 0 Å². The van der Waals surface area contributed by atoms with Crippen molar-refractivity contribution in [2.45, 2.75) is 39.2 Å². The lowest BCUT2D eigenvalue weighted by Crippen LogP contribution is -2.45. The van der Waals surface area contributed by atoms with Crippen LogP contribution < -0.4 is 10.6 Å². The maximum absolute atomic E-state index is 11.7. The second-order valence-electron chi connectivity index (χ2n) is 6.69. The average Bonchev–Trinajstić information content (AvgIpc) is 2.37. The van der Waals surface area contributed by atoms with Crippen LogP contribution in [0.25, 0.3) is 0 Å². The van der Waals surface area contributed by atoms with Crippen molar-refractivity contribution in [1.82, 2.24) is 15.5 Å². The van der Waals surface area contributed by atoms with E-state index in [4.69, 9.17) is 4.74 Å². The molecule has 1 amide bonds. The SMILES string of the molecule is COCCNC(=O)CN1CCC(CNC(C)(C)C)CC1. The molecule has 0 radical (unpaired) electrons. The largest absolute Gasteiger partial charge is 0.383 e. The van der Waals surface area contributed by atoms with Crippen LogP contribution in [0.1, 0.15) is 33.6 Å². The Hall–Kier alpha value is -0.650. The molecule has 118 valence electrons. The summed E-state index contributed by atoms with van der Waals surface area (Å²) in [5.41, 5.74) is 0.193. The molecule has 1 heterocycles. The molecule has 0 saturated carbocycles. The fourth-order valence-electron chi connectivity index (χ4n) is 2.35. The lowest BCUT2D eigenvalue weighted by atomic mass is 9.95. The van der Waals surface area contributed by atoms with E-state index in [9.17, 15) is 4.79 Å². The first-order valence-electron chi connectivity index (χ1n) is 7.64. The number of likely N-dealkylation sites (tertiary alicyclic amines) is 1. The Balaban J connectivity index is 2.14. The van der Waals surface area contributed by atoms with E-state index in [0.29, 0.717) is 19.7 Å². The summed E-state index contributed by atoms with van der Waals surface area (Å²) in [4.78, 5) is 13.9. The van der Waals surface area contributed by atoms with Gasteiger partial charge < -0.3 is 15.4 Å². The zero-order valence-electron chi connectivity index (χ0n) is 13.5. The molecule has 0 aromatic carbocycles. The summed E-state index contributed by atoms with van der Waals surface area (Å²) in [5, 5.41) is 6.44. The normalized spacial score (nSPS) is 18.2. The number of carbonyl (C=O) groups excluding carboxylic acids is 1. The van der Waals surface area contributed by atoms with Crippen LogP contribution >= 0.6 is 0 Å². The summed E-state index contributed by atoms with van der Waals surface area (Å²) in [7, 11) is 1.64. The summed E-state index contributed by atoms with van der Waals surface area (Å²) >= 11 is 0. The summed E-state index contributed by atoms with van der Waals surface area (Å²) in [6.45, 7) is 11.4. The van der Waals surface area contributed by atoms with E-state index in [-0.39, 0.29) is 11.4 Å². The fraction of sp³-hybridized carbons (Fsp3) is 0.933. The molecule has 0 spiro atoms. The molecule has 5 heteroatoms. The Morgan fingerprint density at radius 2 is 1.95 bits per heavy atom. The Labute approximate surface area is 123 Å². The van der Waals surface area contributed by atoms with E-state index >= 15 is 0 Å². The van der Waals surface area contributed by atoms with Crippen LogP contribution in [-0.4, -0.2) is 62.8 Å². The number of rotatable bonds is 7. The number of amides is 1. The van der Waals surface area contributed by atoms with E-state index in [1.54, 1.807) is 7.11 Å². The monoisotopic (exact) mass is 285 g/mol. The molecule has 20 heavy (non-hydrogen) atoms. The first kappa shape index (κ1) is 17.4. The third kappa shape index (κ3) is 7.82. The number of piperidine rings is 1. The predicted molar refractivity (Wildman–Crippen MR) is 81.8 cm³/mol. The maximum Gasteiger partial charge on any atom is 0.234 e. The molecule has 2 N–H and O–H groups in total. The molecule has 0 aromatic rings. The molecule has 0 aromatic heterocycles. The lowest BCUT2D eigenvalue weighted by Gasteiger charge is -2.33. The van der Waals surface area contributed by atoms with Gasteiger partial charge in [-0.1, -0.05) is 0 Å². The quantitative estimate of drug-likeness (QED) is 0.681. The highest BCUT2D eigenvalue weighted by molar-refractivity contribution is 5.77. The van der Waals surface area contributed by atoms with Crippen molar-refractivity contribution in [2.75, 3.05) is 46.4 Å². The van der Waals surface area contributed by atoms with Gasteiger partial charge in [-0.25, -0.2) is 0 Å². The van der Waals surface area contributed by atoms with Gasteiger partial charge in [0.1, 0.15) is 0 Å². The van der Waals surface area contributed by atoms with Gasteiger partial charge in [0.05, 0.1) is 13.2 Å². The standard InChI is InChI=1S/C15H31N3O2/c1-15(2,3)17-11-13-5-8-18(9-6-13)12-14(19)16-7-10-20-4/h13,17H,5-12H2,1-4H3,(H,16,19). The summed E-state index contributed by atoms with van der Waals surface area (Å²) < 4.78 is 4.92. The van der Waals surface area contributed by atoms with Crippen molar-refractivity contribution in [3.63, 3.8) is 0 Å². The molecular formula is C15H31N3O2. The van der Waals surface area contributed by atoms with Crippen molar-refractivity contribution < 1.29 is 9.53 Å². The van der Waals surface area contributed by atoms with Crippen molar-refractivity contribution in [2.24, 2.45) is 5.92 Å². The van der Waals surface area contributed by atoms with Crippen LogP contribution in [0.3, 0.4) is 0 Å². The van der Waals surface area contributed by atoms with Gasteiger partial charge in [-0.2, -0.15) is 0 Å². The van der Waals surface area contributed by atoms with Crippen molar-refractivity contribution in [3.8, 4) is 0 Å². The summed E-state index contributed by atoms with van der Waals surface area (Å²) in [6.07, 6.45) is 2.35. The van der Waals surface area contributed by atoms with E-state index in [1.165, 1.54) is 12.8 Å². The first-order chi connectivity index (χ1) is 9.40. The van der Waals surface area contributed by atoms with Gasteiger partial charge in [0.15, 0.2) is 0 Å². The van der Waals surface area contributed by atoms with Crippen molar-refractivity contribution >= 4 is 5.91 Å². The highest BCUT2D eigenvalue weighted by Gasteiger charge is 2.21. The fourth-order valence-corrected chi connectivity index (χ4v) is 2.35. The predicted octanol–water partition coefficient (Wildman–Crippen LogP) is 0.849. The number of nitrogens with zero attached hydrogens (tertiary/aromatic N) is 1. The van der Waals surface area contributed by atoms with E-state index in [2.05, 4.69) is 36.3 Å². The Bertz CT molecular complexity index is 281. The van der Waals surface area contributed by atoms with Crippen LogP contribution in [0.5, 0.6) is 0 Å². The minimum absolute atomic E-state index is 0.105. The third-order valence-corrected chi connectivity index (χ3v) is 3.62. The number of nitrogens with one attached hydrogen (secondary N) is 2. The molecule has 5 nitrogen and oxygen atoms in total. The molecule has 0 bridgehead atoms. The van der Waals surface area contributed by atoms with Crippen LogP contribution in [-0.2, 0) is 9.53 Å². The molecule has 0 aliphatic carbocycles. The Morgan fingerprint density at radius 3 is 2.50 bits per heavy atom. The van der Waals surface area contributed by atoms with Gasteiger partial charge in [0.25, 0.3) is 0 Å². The molecule has 1 rings (SSSR count). The minimum Gasteiger partial charge on any atom is -0.383 e. The van der Waals surface area contributed by atoms with Gasteiger partial charge >= 0.3 is 0 Å². The van der Waals surface area contributed by atoms with Crippen LogP contribution in [0.2, 0.25) is 0 Å². The number of hydrogen-bond acceptors (Lipinski definition) is 4. The molecular weight excluding hydrogens is 254 g/mol. The maximum atomic E-state index is 11.7. The molecule has 1 fully saturated rings. The number of ether oxygens (including phenoxy) is 1. The zero-order chi connectivity index (χ0) is 15.0. The summed E-state index contributed by atoms with van der Waals surface area (Å²) in [5.74, 6) is 0.843. The third-order valence-electron chi connectivity index (χ3n) is 3.62. The second kappa shape index (κ2) is 8.60. The van der Waals surface area contributed by atoms with Gasteiger partial charge in [-0.05, 0) is 59.2 Å². The number of hydrogen-bond donors (Lipinski definition) is 2. The van der Waals surface area contributed by atoms with E-state index in [0.717, 1.165) is 25.6 Å². The highest BCUT2D eigenvalue weighted by Crippen LogP contribution is 2.17. The highest BCUT2D eigenvalue weighted by atomic mass is 16.5. The van der Waals surface area contributed by atoms with Gasteiger partial charge in [-0.3, -0.25) is 9.69 Å². The van der Waals surface area contributed by atoms with Gasteiger partial charge in [0, 0.05) is 19.2 Å². The van der Waals surface area contributed by atoms with Crippen LogP contribution in [0, 0.1) is 5.92 Å². The average molecular weight is 285 g/mol. The number of carbonyl (C=O) groups is 1. The van der Waals surface area contributed by atoms with E-state index < -0.39 is 0 Å². The molecule has 1 aliphatic rings. The van der Waals surface area contributed by atoms with Crippen LogP contribution in [0.15, 0.2) is 0 Å². The lowest BCUT2D eigenvalue weighted by molar-refractivity contribution is -0.122. The molecule has 0 unspecified atom stereocenters. The Kier molecular flexibility index (Phi) is 7.48. The van der Waals surface area contributed by atoms with Gasteiger partial charge in [0.2, 0.25) is 5.91 Å². The second-order valence-corrected chi connectivity index (χ2v) is 6.69. The first-order valence-corrected chi connectivity index (χ1v) is 7.64. The molecule has 1 aliphatic heterocycles. The van der Waals surface area contributed by atoms with Crippen LogP contribution in [0.4, 0.5) is 0 Å². The molecule has 0 atom stereocenters. The van der Waals surface area contributed by atoms with Crippen molar-refractivity contribution in [3.05, 3.63) is 0 Å². The zero-order valence-corrected chi connectivity index (χ0v) is 13.5. The van der Waals surface area contributed by atoms with Crippen molar-refractivity contribution in [1.29, 1.82) is 0 Å². The topological polar surface area (TPSA) is 53.6 Å². The summed E-state index contributed by atoms with van der Waals surface area (Å²) in [6, 6.07) is 0. The minimum atomic E-state index is 0.105. The van der Waals surface area contributed by atoms with E-state index in [1.807, 2.05) is 0 Å². The smallest absolute Gasteiger partial charge is 0.234 e. The Morgan fingerprint density at radius 1 is 1.30 bits per heavy atom. The molecule has 1 saturated heterocycles.